The third-order valence-electron chi connectivity index (χ3n) is 1.65. The summed E-state index contributed by atoms with van der Waals surface area (Å²) in [5, 5.41) is 0. The van der Waals surface area contributed by atoms with Gasteiger partial charge < -0.3 is 0 Å². The minimum Gasteiger partial charge on any atom is -0.255 e. The average molecular weight is 179 g/mol. The molecule has 0 aliphatic heterocycles. The molecule has 0 N–H and O–H groups in total. The van der Waals surface area contributed by atoms with Crippen LogP contribution >= 0.6 is 11.6 Å². The van der Waals surface area contributed by atoms with Crippen molar-refractivity contribution in [2.45, 2.75) is 5.88 Å². The van der Waals surface area contributed by atoms with Gasteiger partial charge in [0, 0.05) is 6.20 Å². The summed E-state index contributed by atoms with van der Waals surface area (Å²) in [6.45, 7) is 0. The number of hydrogen-bond acceptors (Lipinski definition) is 2. The van der Waals surface area contributed by atoms with E-state index < -0.39 is 0 Å². The standard InChI is InChI=1S/C9H7ClN2/c10-6-7-3-4-8-9(12-7)2-1-5-11-8/h1-5H,6H2. The third-order valence-corrected chi connectivity index (χ3v) is 1.92. The highest BCUT2D eigenvalue weighted by atomic mass is 35.5. The number of aromatic nitrogens is 2. The summed E-state index contributed by atoms with van der Waals surface area (Å²) in [5.41, 5.74) is 2.69. The Kier molecular flexibility index (Phi) is 1.92. The van der Waals surface area contributed by atoms with Crippen molar-refractivity contribution in [3.8, 4) is 0 Å². The molecule has 0 bridgehead atoms. The second-order valence-corrected chi connectivity index (χ2v) is 2.75. The Morgan fingerprint density at radius 1 is 1.17 bits per heavy atom. The van der Waals surface area contributed by atoms with Gasteiger partial charge in [0.1, 0.15) is 0 Å². The molecule has 0 aromatic carbocycles. The number of fused-ring (bicyclic) bond motifs is 1. The molecule has 2 rings (SSSR count). The molecule has 0 saturated carbocycles. The molecule has 2 heterocycles. The van der Waals surface area contributed by atoms with E-state index in [0.29, 0.717) is 5.88 Å². The van der Waals surface area contributed by atoms with Crippen LogP contribution in [0, 0.1) is 0 Å². The fourth-order valence-corrected chi connectivity index (χ4v) is 1.22. The Morgan fingerprint density at radius 3 is 2.92 bits per heavy atom. The molecule has 0 spiro atoms. The predicted molar refractivity (Wildman–Crippen MR) is 49.1 cm³/mol. The smallest absolute Gasteiger partial charge is 0.0890 e. The van der Waals surface area contributed by atoms with Crippen LogP contribution in [0.4, 0.5) is 0 Å². The third kappa shape index (κ3) is 1.25. The van der Waals surface area contributed by atoms with E-state index in [-0.39, 0.29) is 0 Å². The van der Waals surface area contributed by atoms with Crippen molar-refractivity contribution in [3.63, 3.8) is 0 Å². The minimum atomic E-state index is 0.449. The maximum absolute atomic E-state index is 5.64. The van der Waals surface area contributed by atoms with E-state index in [0.717, 1.165) is 16.7 Å². The molecule has 2 nitrogen and oxygen atoms in total. The minimum absolute atomic E-state index is 0.449. The topological polar surface area (TPSA) is 25.8 Å². The monoisotopic (exact) mass is 178 g/mol. The molecule has 12 heavy (non-hydrogen) atoms. The van der Waals surface area contributed by atoms with Crippen LogP contribution in [0.1, 0.15) is 5.69 Å². The first-order valence-electron chi connectivity index (χ1n) is 3.67. The van der Waals surface area contributed by atoms with Crippen LogP contribution in [0.5, 0.6) is 0 Å². The van der Waals surface area contributed by atoms with Gasteiger partial charge >= 0.3 is 0 Å². The summed E-state index contributed by atoms with van der Waals surface area (Å²) >= 11 is 5.64. The number of hydrogen-bond donors (Lipinski definition) is 0. The molecule has 0 aliphatic carbocycles. The number of pyridine rings is 2. The first-order chi connectivity index (χ1) is 5.90. The van der Waals surface area contributed by atoms with Gasteiger partial charge in [-0.3, -0.25) is 4.98 Å². The molecule has 2 aromatic heterocycles. The zero-order valence-electron chi connectivity index (χ0n) is 6.37. The van der Waals surface area contributed by atoms with Gasteiger partial charge in [-0.15, -0.1) is 11.6 Å². The number of halogens is 1. The van der Waals surface area contributed by atoms with Crippen LogP contribution in [0.3, 0.4) is 0 Å². The summed E-state index contributed by atoms with van der Waals surface area (Å²) in [6.07, 6.45) is 1.75. The van der Waals surface area contributed by atoms with Crippen molar-refractivity contribution in [3.05, 3.63) is 36.2 Å². The van der Waals surface area contributed by atoms with E-state index in [1.54, 1.807) is 6.20 Å². The summed E-state index contributed by atoms with van der Waals surface area (Å²) in [6, 6.07) is 7.62. The molecular weight excluding hydrogens is 172 g/mol. The van der Waals surface area contributed by atoms with Gasteiger partial charge in [0.2, 0.25) is 0 Å². The zero-order chi connectivity index (χ0) is 8.39. The number of alkyl halides is 1. The molecule has 0 fully saturated rings. The largest absolute Gasteiger partial charge is 0.255 e. The van der Waals surface area contributed by atoms with Crippen LogP contribution < -0.4 is 0 Å². The zero-order valence-corrected chi connectivity index (χ0v) is 7.12. The van der Waals surface area contributed by atoms with Gasteiger partial charge in [-0.05, 0) is 24.3 Å². The molecule has 0 unspecified atom stereocenters. The van der Waals surface area contributed by atoms with E-state index in [4.69, 9.17) is 11.6 Å². The van der Waals surface area contributed by atoms with Crippen molar-refractivity contribution in [2.24, 2.45) is 0 Å². The molecule has 0 saturated heterocycles. The maximum Gasteiger partial charge on any atom is 0.0890 e. The summed E-state index contributed by atoms with van der Waals surface area (Å²) in [4.78, 5) is 8.45. The van der Waals surface area contributed by atoms with Gasteiger partial charge in [0.05, 0.1) is 22.6 Å². The summed E-state index contributed by atoms with van der Waals surface area (Å²) in [5.74, 6) is 0.449. The van der Waals surface area contributed by atoms with E-state index in [1.807, 2.05) is 24.3 Å². The van der Waals surface area contributed by atoms with Gasteiger partial charge in [0.15, 0.2) is 0 Å². The first-order valence-corrected chi connectivity index (χ1v) is 4.20. The first kappa shape index (κ1) is 7.50. The molecule has 0 amide bonds. The van der Waals surface area contributed by atoms with Gasteiger partial charge in [-0.2, -0.15) is 0 Å². The number of nitrogens with zero attached hydrogens (tertiary/aromatic N) is 2. The highest BCUT2D eigenvalue weighted by molar-refractivity contribution is 6.16. The van der Waals surface area contributed by atoms with Crippen LogP contribution in [0.25, 0.3) is 11.0 Å². The van der Waals surface area contributed by atoms with Crippen LogP contribution in [-0.2, 0) is 5.88 Å². The molecule has 60 valence electrons. The fraction of sp³-hybridized carbons (Fsp3) is 0.111. The SMILES string of the molecule is ClCc1ccc2ncccc2n1. The highest BCUT2D eigenvalue weighted by Gasteiger charge is 1.95. The maximum atomic E-state index is 5.64. The van der Waals surface area contributed by atoms with Crippen LogP contribution in [0.15, 0.2) is 30.5 Å². The fourth-order valence-electron chi connectivity index (χ4n) is 1.07. The van der Waals surface area contributed by atoms with E-state index in [1.165, 1.54) is 0 Å². The Labute approximate surface area is 75.2 Å². The highest BCUT2D eigenvalue weighted by Crippen LogP contribution is 2.09. The van der Waals surface area contributed by atoms with Crippen molar-refractivity contribution in [1.82, 2.24) is 9.97 Å². The lowest BCUT2D eigenvalue weighted by Gasteiger charge is -1.97. The lowest BCUT2D eigenvalue weighted by Crippen LogP contribution is -1.86. The Balaban J connectivity index is 2.67. The van der Waals surface area contributed by atoms with Crippen LogP contribution in [-0.4, -0.2) is 9.97 Å². The summed E-state index contributed by atoms with van der Waals surface area (Å²) < 4.78 is 0. The lowest BCUT2D eigenvalue weighted by molar-refractivity contribution is 1.20. The van der Waals surface area contributed by atoms with E-state index >= 15 is 0 Å². The van der Waals surface area contributed by atoms with Gasteiger partial charge in [-0.1, -0.05) is 0 Å². The second kappa shape index (κ2) is 3.07. The lowest BCUT2D eigenvalue weighted by atomic mass is 10.3. The van der Waals surface area contributed by atoms with E-state index in [9.17, 15) is 0 Å². The van der Waals surface area contributed by atoms with Crippen molar-refractivity contribution in [2.75, 3.05) is 0 Å². The second-order valence-electron chi connectivity index (χ2n) is 2.48. The molecule has 3 heteroatoms. The molecule has 2 aromatic rings. The molecular formula is C9H7ClN2. The number of rotatable bonds is 1. The Hall–Kier alpha value is -1.15. The van der Waals surface area contributed by atoms with Gasteiger partial charge in [-0.25, -0.2) is 4.98 Å². The Morgan fingerprint density at radius 2 is 2.08 bits per heavy atom. The Bertz CT molecular complexity index is 400. The summed E-state index contributed by atoms with van der Waals surface area (Å²) in [7, 11) is 0. The van der Waals surface area contributed by atoms with Crippen LogP contribution in [0.2, 0.25) is 0 Å². The molecule has 0 aliphatic rings. The molecule has 0 atom stereocenters. The molecule has 0 radical (unpaired) electrons. The predicted octanol–water partition coefficient (Wildman–Crippen LogP) is 2.37. The van der Waals surface area contributed by atoms with Crippen molar-refractivity contribution < 1.29 is 0 Å². The van der Waals surface area contributed by atoms with Crippen molar-refractivity contribution in [1.29, 1.82) is 0 Å². The van der Waals surface area contributed by atoms with E-state index in [2.05, 4.69) is 9.97 Å². The normalized spacial score (nSPS) is 10.4. The quantitative estimate of drug-likeness (QED) is 0.627. The average Bonchev–Trinajstić information content (AvgIpc) is 2.17. The van der Waals surface area contributed by atoms with Gasteiger partial charge in [0.25, 0.3) is 0 Å². The van der Waals surface area contributed by atoms with Crippen molar-refractivity contribution >= 4 is 22.6 Å².